The second-order valence-corrected chi connectivity index (χ2v) is 4.25. The maximum absolute atomic E-state index is 12.1. The number of nitrogens with one attached hydrogen (secondary N) is 2. The maximum Gasteiger partial charge on any atom is 0.292 e. The van der Waals surface area contributed by atoms with E-state index in [-0.39, 0.29) is 12.4 Å². The highest BCUT2D eigenvalue weighted by molar-refractivity contribution is 6.06. The number of hydrogen-bond donors (Lipinski definition) is 2. The van der Waals surface area contributed by atoms with E-state index in [0.717, 1.165) is 5.52 Å². The zero-order valence-electron chi connectivity index (χ0n) is 10.9. The summed E-state index contributed by atoms with van der Waals surface area (Å²) in [4.78, 5) is 11.9. The number of rotatable bonds is 5. The van der Waals surface area contributed by atoms with Crippen LogP contribution in [0.15, 0.2) is 41.0 Å². The highest BCUT2D eigenvalue weighted by atomic mass is 19.1. The number of H-pyrrole nitrogens is 1. The summed E-state index contributed by atoms with van der Waals surface area (Å²) in [6.07, 6.45) is 1.42. The third-order valence-corrected chi connectivity index (χ3v) is 2.86. The lowest BCUT2D eigenvalue weighted by molar-refractivity contribution is 0.0996. The Hall–Kier alpha value is -2.83. The van der Waals surface area contributed by atoms with Crippen LogP contribution in [0.4, 0.5) is 10.2 Å². The van der Waals surface area contributed by atoms with Crippen molar-refractivity contribution in [2.75, 3.05) is 18.6 Å². The third-order valence-electron chi connectivity index (χ3n) is 2.86. The van der Waals surface area contributed by atoms with Gasteiger partial charge in [0, 0.05) is 5.39 Å². The summed E-state index contributed by atoms with van der Waals surface area (Å²) in [5.74, 6) is 0.659. The molecule has 0 fully saturated rings. The predicted molar refractivity (Wildman–Crippen MR) is 74.2 cm³/mol. The quantitative estimate of drug-likeness (QED) is 0.757. The van der Waals surface area contributed by atoms with Crippen molar-refractivity contribution in [1.82, 2.24) is 10.2 Å². The molecule has 0 bridgehead atoms. The summed E-state index contributed by atoms with van der Waals surface area (Å²) in [5.41, 5.74) is 0.734. The SMILES string of the molecule is O=C(Nc1n[nH]c2ccc(OCCF)cc12)c1ccco1. The monoisotopic (exact) mass is 289 g/mol. The fourth-order valence-electron chi connectivity index (χ4n) is 1.91. The zero-order chi connectivity index (χ0) is 14.7. The normalized spacial score (nSPS) is 10.7. The molecular formula is C14H12FN3O3. The molecule has 3 aromatic rings. The third kappa shape index (κ3) is 2.71. The Balaban J connectivity index is 1.86. The number of halogens is 1. The van der Waals surface area contributed by atoms with E-state index in [9.17, 15) is 9.18 Å². The molecule has 0 atom stereocenters. The first kappa shape index (κ1) is 13.2. The smallest absolute Gasteiger partial charge is 0.292 e. The molecule has 7 heteroatoms. The molecule has 1 amide bonds. The van der Waals surface area contributed by atoms with Gasteiger partial charge in [-0.1, -0.05) is 0 Å². The van der Waals surface area contributed by atoms with Crippen LogP contribution in [0, 0.1) is 0 Å². The largest absolute Gasteiger partial charge is 0.491 e. The van der Waals surface area contributed by atoms with Crippen molar-refractivity contribution in [2.24, 2.45) is 0 Å². The average molecular weight is 289 g/mol. The van der Waals surface area contributed by atoms with Gasteiger partial charge in [0.15, 0.2) is 11.6 Å². The van der Waals surface area contributed by atoms with Crippen molar-refractivity contribution >= 4 is 22.6 Å². The fraction of sp³-hybridized carbons (Fsp3) is 0.143. The molecule has 0 saturated heterocycles. The Labute approximate surface area is 118 Å². The van der Waals surface area contributed by atoms with Crippen LogP contribution in [0.3, 0.4) is 0 Å². The number of carbonyl (C=O) groups excluding carboxylic acids is 1. The molecule has 21 heavy (non-hydrogen) atoms. The van der Waals surface area contributed by atoms with Crippen molar-refractivity contribution in [3.8, 4) is 5.75 Å². The number of fused-ring (bicyclic) bond motifs is 1. The summed E-state index contributed by atoms with van der Waals surface area (Å²) in [6.45, 7) is -0.580. The molecule has 3 rings (SSSR count). The first-order chi connectivity index (χ1) is 10.3. The van der Waals surface area contributed by atoms with E-state index in [1.54, 1.807) is 30.3 Å². The number of benzene rings is 1. The van der Waals surface area contributed by atoms with Crippen LogP contribution in [-0.4, -0.2) is 29.4 Å². The number of carbonyl (C=O) groups is 1. The first-order valence-corrected chi connectivity index (χ1v) is 6.29. The van der Waals surface area contributed by atoms with Gasteiger partial charge in [-0.3, -0.25) is 9.89 Å². The molecule has 0 unspecified atom stereocenters. The number of ether oxygens (including phenoxy) is 1. The van der Waals surface area contributed by atoms with Crippen molar-refractivity contribution in [3.05, 3.63) is 42.4 Å². The Morgan fingerprint density at radius 1 is 1.43 bits per heavy atom. The van der Waals surface area contributed by atoms with Gasteiger partial charge in [0.25, 0.3) is 5.91 Å². The summed E-state index contributed by atoms with van der Waals surface area (Å²) in [6, 6.07) is 8.32. The number of furan rings is 1. The number of nitrogens with zero attached hydrogens (tertiary/aromatic N) is 1. The predicted octanol–water partition coefficient (Wildman–Crippen LogP) is 2.76. The van der Waals surface area contributed by atoms with Crippen LogP contribution in [0.2, 0.25) is 0 Å². The van der Waals surface area contributed by atoms with E-state index in [1.807, 2.05) is 0 Å². The highest BCUT2D eigenvalue weighted by Crippen LogP contribution is 2.25. The molecule has 1 aromatic carbocycles. The minimum Gasteiger partial charge on any atom is -0.491 e. The molecule has 2 N–H and O–H groups in total. The van der Waals surface area contributed by atoms with Gasteiger partial charge in [-0.05, 0) is 30.3 Å². The molecule has 108 valence electrons. The molecule has 2 aromatic heterocycles. The van der Waals surface area contributed by atoms with E-state index in [0.29, 0.717) is 17.0 Å². The molecule has 0 saturated carbocycles. The van der Waals surface area contributed by atoms with Crippen LogP contribution in [0.1, 0.15) is 10.6 Å². The van der Waals surface area contributed by atoms with Gasteiger partial charge in [0.1, 0.15) is 19.0 Å². The van der Waals surface area contributed by atoms with E-state index in [1.165, 1.54) is 6.26 Å². The lowest BCUT2D eigenvalue weighted by Gasteiger charge is -2.04. The van der Waals surface area contributed by atoms with Crippen molar-refractivity contribution < 1.29 is 18.3 Å². The second-order valence-electron chi connectivity index (χ2n) is 4.25. The molecule has 0 spiro atoms. The van der Waals surface area contributed by atoms with Crippen molar-refractivity contribution in [1.29, 1.82) is 0 Å². The highest BCUT2D eigenvalue weighted by Gasteiger charge is 2.13. The average Bonchev–Trinajstić information content (AvgIpc) is 3.15. The number of hydrogen-bond acceptors (Lipinski definition) is 4. The van der Waals surface area contributed by atoms with Crippen LogP contribution in [-0.2, 0) is 0 Å². The summed E-state index contributed by atoms with van der Waals surface area (Å²) < 4.78 is 22.4. The van der Waals surface area contributed by atoms with Crippen molar-refractivity contribution in [2.45, 2.75) is 0 Å². The van der Waals surface area contributed by atoms with E-state index in [2.05, 4.69) is 15.5 Å². The lowest BCUT2D eigenvalue weighted by Crippen LogP contribution is -2.11. The van der Waals surface area contributed by atoms with E-state index < -0.39 is 12.6 Å². The number of anilines is 1. The minimum atomic E-state index is -0.564. The Morgan fingerprint density at radius 2 is 2.33 bits per heavy atom. The number of amides is 1. The lowest BCUT2D eigenvalue weighted by atomic mass is 10.2. The standard InChI is InChI=1S/C14H12FN3O3/c15-5-7-20-9-3-4-11-10(8-9)13(18-17-11)16-14(19)12-2-1-6-21-12/h1-4,6,8H,5,7H2,(H2,16,17,18,19). The Kier molecular flexibility index (Phi) is 3.55. The first-order valence-electron chi connectivity index (χ1n) is 6.29. The fourth-order valence-corrected chi connectivity index (χ4v) is 1.91. The molecule has 0 aliphatic rings. The van der Waals surface area contributed by atoms with Gasteiger partial charge in [-0.2, -0.15) is 5.10 Å². The summed E-state index contributed by atoms with van der Waals surface area (Å²) in [5, 5.41) is 10.2. The summed E-state index contributed by atoms with van der Waals surface area (Å²) in [7, 11) is 0. The topological polar surface area (TPSA) is 80.2 Å². The van der Waals surface area contributed by atoms with E-state index in [4.69, 9.17) is 9.15 Å². The number of alkyl halides is 1. The van der Waals surface area contributed by atoms with Gasteiger partial charge in [0.2, 0.25) is 0 Å². The van der Waals surface area contributed by atoms with Gasteiger partial charge in [-0.15, -0.1) is 0 Å². The van der Waals surface area contributed by atoms with Gasteiger partial charge in [0.05, 0.1) is 11.8 Å². The van der Waals surface area contributed by atoms with E-state index >= 15 is 0 Å². The molecular weight excluding hydrogens is 277 g/mol. The zero-order valence-corrected chi connectivity index (χ0v) is 10.9. The van der Waals surface area contributed by atoms with Gasteiger partial charge >= 0.3 is 0 Å². The van der Waals surface area contributed by atoms with Crippen molar-refractivity contribution in [3.63, 3.8) is 0 Å². The maximum atomic E-state index is 12.1. The summed E-state index contributed by atoms with van der Waals surface area (Å²) >= 11 is 0. The number of aromatic amines is 1. The van der Waals surface area contributed by atoms with Crippen LogP contribution in [0.5, 0.6) is 5.75 Å². The van der Waals surface area contributed by atoms with Crippen LogP contribution >= 0.6 is 0 Å². The molecule has 0 aliphatic carbocycles. The minimum absolute atomic E-state index is 0.0164. The Morgan fingerprint density at radius 3 is 3.10 bits per heavy atom. The molecule has 6 nitrogen and oxygen atoms in total. The van der Waals surface area contributed by atoms with Gasteiger partial charge in [-0.25, -0.2) is 4.39 Å². The Bertz CT molecular complexity index is 752. The molecule has 2 heterocycles. The molecule has 0 aliphatic heterocycles. The van der Waals surface area contributed by atoms with Gasteiger partial charge < -0.3 is 14.5 Å². The number of aromatic nitrogens is 2. The molecule has 0 radical (unpaired) electrons. The second kappa shape index (κ2) is 5.66. The van der Waals surface area contributed by atoms with Crippen LogP contribution in [0.25, 0.3) is 10.9 Å². The van der Waals surface area contributed by atoms with Crippen LogP contribution < -0.4 is 10.1 Å².